The summed E-state index contributed by atoms with van der Waals surface area (Å²) in [5.74, 6) is 2.35. The minimum Gasteiger partial charge on any atom is -0.489 e. The molecule has 0 atom stereocenters. The molecule has 0 bridgehead atoms. The summed E-state index contributed by atoms with van der Waals surface area (Å²) in [6, 6.07) is 5.65. The van der Waals surface area contributed by atoms with Crippen LogP contribution in [0.5, 0.6) is 11.6 Å². The van der Waals surface area contributed by atoms with Crippen molar-refractivity contribution in [3.63, 3.8) is 0 Å². The van der Waals surface area contributed by atoms with Gasteiger partial charge < -0.3 is 14.4 Å². The lowest BCUT2D eigenvalue weighted by Gasteiger charge is -2.34. The van der Waals surface area contributed by atoms with E-state index >= 15 is 0 Å². The van der Waals surface area contributed by atoms with Crippen LogP contribution in [-0.4, -0.2) is 42.1 Å². The van der Waals surface area contributed by atoms with E-state index in [2.05, 4.69) is 16.5 Å². The SMILES string of the molecule is C=C1Cc2nc(N3CCC(Oc4ccc(OC)nc4)CC3)c(C)cc2C1=O. The Morgan fingerprint density at radius 1 is 1.26 bits per heavy atom. The molecule has 140 valence electrons. The summed E-state index contributed by atoms with van der Waals surface area (Å²) < 4.78 is 11.1. The molecular weight excluding hydrogens is 342 g/mol. The Kier molecular flexibility index (Phi) is 4.56. The zero-order valence-electron chi connectivity index (χ0n) is 15.7. The lowest BCUT2D eigenvalue weighted by molar-refractivity contribution is 0.104. The summed E-state index contributed by atoms with van der Waals surface area (Å²) in [5, 5.41) is 0. The van der Waals surface area contributed by atoms with Crippen molar-refractivity contribution in [3.8, 4) is 11.6 Å². The van der Waals surface area contributed by atoms with Gasteiger partial charge >= 0.3 is 0 Å². The molecular formula is C21H23N3O3. The van der Waals surface area contributed by atoms with Gasteiger partial charge in [-0.25, -0.2) is 9.97 Å². The topological polar surface area (TPSA) is 64.6 Å². The van der Waals surface area contributed by atoms with E-state index < -0.39 is 0 Å². The molecule has 0 unspecified atom stereocenters. The molecule has 0 radical (unpaired) electrons. The quantitative estimate of drug-likeness (QED) is 0.776. The monoisotopic (exact) mass is 365 g/mol. The second-order valence-corrected chi connectivity index (χ2v) is 7.07. The van der Waals surface area contributed by atoms with Gasteiger partial charge in [0.05, 0.1) is 19.0 Å². The second-order valence-electron chi connectivity index (χ2n) is 7.07. The zero-order valence-corrected chi connectivity index (χ0v) is 15.7. The van der Waals surface area contributed by atoms with Crippen molar-refractivity contribution >= 4 is 11.6 Å². The standard InChI is InChI=1S/C21H23N3O3/c1-13-11-18-17(20(13)25)10-14(2)21(23-18)24-8-6-15(7-9-24)27-16-4-5-19(26-3)22-12-16/h4-5,10,12,15H,1,6-9,11H2,2-3H3. The highest BCUT2D eigenvalue weighted by Crippen LogP contribution is 2.30. The van der Waals surface area contributed by atoms with Crippen molar-refractivity contribution in [1.82, 2.24) is 9.97 Å². The van der Waals surface area contributed by atoms with Gasteiger partial charge in [-0.3, -0.25) is 4.79 Å². The molecule has 0 N–H and O–H groups in total. The van der Waals surface area contributed by atoms with Crippen LogP contribution in [0.15, 0.2) is 36.5 Å². The molecule has 0 amide bonds. The second kappa shape index (κ2) is 7.02. The number of fused-ring (bicyclic) bond motifs is 1. The predicted molar refractivity (Wildman–Crippen MR) is 103 cm³/mol. The molecule has 0 saturated carbocycles. The summed E-state index contributed by atoms with van der Waals surface area (Å²) in [5.41, 5.74) is 3.24. The number of carbonyl (C=O) groups is 1. The molecule has 0 spiro atoms. The van der Waals surface area contributed by atoms with Crippen molar-refractivity contribution in [2.24, 2.45) is 0 Å². The molecule has 1 aliphatic heterocycles. The van der Waals surface area contributed by atoms with Gasteiger partial charge in [0.1, 0.15) is 17.7 Å². The van der Waals surface area contributed by atoms with Crippen LogP contribution >= 0.6 is 0 Å². The molecule has 6 heteroatoms. The van der Waals surface area contributed by atoms with Crippen molar-refractivity contribution in [3.05, 3.63) is 53.4 Å². The Morgan fingerprint density at radius 3 is 2.70 bits per heavy atom. The number of anilines is 1. The molecule has 27 heavy (non-hydrogen) atoms. The molecule has 1 saturated heterocycles. The van der Waals surface area contributed by atoms with Crippen LogP contribution in [0.3, 0.4) is 0 Å². The Labute approximate surface area is 158 Å². The average Bonchev–Trinajstić information content (AvgIpc) is 2.96. The first-order valence-electron chi connectivity index (χ1n) is 9.20. The first kappa shape index (κ1) is 17.5. The summed E-state index contributed by atoms with van der Waals surface area (Å²) in [6.45, 7) is 7.61. The fourth-order valence-electron chi connectivity index (χ4n) is 3.70. The molecule has 0 aromatic carbocycles. The summed E-state index contributed by atoms with van der Waals surface area (Å²) in [4.78, 5) is 23.4. The van der Waals surface area contributed by atoms with E-state index in [1.54, 1.807) is 19.4 Å². The number of piperidine rings is 1. The number of aromatic nitrogens is 2. The van der Waals surface area contributed by atoms with Crippen LogP contribution in [0.2, 0.25) is 0 Å². The smallest absolute Gasteiger partial charge is 0.213 e. The van der Waals surface area contributed by atoms with Gasteiger partial charge in [-0.15, -0.1) is 0 Å². The van der Waals surface area contributed by atoms with Gasteiger partial charge in [-0.1, -0.05) is 6.58 Å². The van der Waals surface area contributed by atoms with Crippen LogP contribution in [0.25, 0.3) is 0 Å². The number of hydrogen-bond acceptors (Lipinski definition) is 6. The number of pyridine rings is 2. The van der Waals surface area contributed by atoms with E-state index in [4.69, 9.17) is 14.5 Å². The largest absolute Gasteiger partial charge is 0.489 e. The van der Waals surface area contributed by atoms with E-state index in [9.17, 15) is 4.79 Å². The van der Waals surface area contributed by atoms with E-state index in [1.807, 2.05) is 19.1 Å². The maximum absolute atomic E-state index is 12.1. The number of ketones is 1. The third-order valence-electron chi connectivity index (χ3n) is 5.17. The van der Waals surface area contributed by atoms with Gasteiger partial charge in [-0.2, -0.15) is 0 Å². The number of aryl methyl sites for hydroxylation is 1. The molecule has 6 nitrogen and oxygen atoms in total. The lowest BCUT2D eigenvalue weighted by Crippen LogP contribution is -2.39. The molecule has 2 aromatic rings. The molecule has 4 rings (SSSR count). The molecule has 2 aromatic heterocycles. The summed E-state index contributed by atoms with van der Waals surface area (Å²) in [7, 11) is 1.60. The number of rotatable bonds is 4. The Balaban J connectivity index is 1.41. The fourth-order valence-corrected chi connectivity index (χ4v) is 3.70. The van der Waals surface area contributed by atoms with E-state index in [0.29, 0.717) is 23.4 Å². The molecule has 3 heterocycles. The third-order valence-corrected chi connectivity index (χ3v) is 5.17. The van der Waals surface area contributed by atoms with E-state index in [-0.39, 0.29) is 11.9 Å². The van der Waals surface area contributed by atoms with Gasteiger partial charge in [0.2, 0.25) is 5.88 Å². The maximum atomic E-state index is 12.1. The number of hydrogen-bond donors (Lipinski definition) is 0. The first-order valence-corrected chi connectivity index (χ1v) is 9.20. The van der Waals surface area contributed by atoms with Crippen LogP contribution < -0.4 is 14.4 Å². The first-order chi connectivity index (χ1) is 13.0. The van der Waals surface area contributed by atoms with Crippen molar-refractivity contribution in [2.45, 2.75) is 32.3 Å². The van der Waals surface area contributed by atoms with Crippen LogP contribution in [0, 0.1) is 6.92 Å². The van der Waals surface area contributed by atoms with Gasteiger partial charge in [0, 0.05) is 44.0 Å². The minimum absolute atomic E-state index is 0.0346. The number of methoxy groups -OCH3 is 1. The zero-order chi connectivity index (χ0) is 19.0. The Bertz CT molecular complexity index is 884. The third kappa shape index (κ3) is 3.39. The normalized spacial score (nSPS) is 17.2. The fraction of sp³-hybridized carbons (Fsp3) is 0.381. The van der Waals surface area contributed by atoms with Crippen LogP contribution in [0.1, 0.15) is 34.5 Å². The van der Waals surface area contributed by atoms with E-state index in [1.165, 1.54) is 0 Å². The Hall–Kier alpha value is -2.89. The predicted octanol–water partition coefficient (Wildman–Crippen LogP) is 3.14. The van der Waals surface area contributed by atoms with Gasteiger partial charge in [0.15, 0.2) is 5.78 Å². The maximum Gasteiger partial charge on any atom is 0.213 e. The average molecular weight is 365 g/mol. The number of ether oxygens (including phenoxy) is 2. The van der Waals surface area contributed by atoms with Crippen molar-refractivity contribution in [2.75, 3.05) is 25.1 Å². The van der Waals surface area contributed by atoms with Crippen molar-refractivity contribution < 1.29 is 14.3 Å². The summed E-state index contributed by atoms with van der Waals surface area (Å²) in [6.07, 6.45) is 4.24. The number of Topliss-reactive ketones (excluding diaryl/α,β-unsaturated/α-hetero) is 1. The summed E-state index contributed by atoms with van der Waals surface area (Å²) >= 11 is 0. The van der Waals surface area contributed by atoms with Gasteiger partial charge in [-0.05, 0) is 30.2 Å². The lowest BCUT2D eigenvalue weighted by atomic mass is 10.1. The molecule has 2 aliphatic rings. The Morgan fingerprint density at radius 2 is 2.04 bits per heavy atom. The number of carbonyl (C=O) groups excluding carboxylic acids is 1. The number of allylic oxidation sites excluding steroid dienone is 1. The highest BCUT2D eigenvalue weighted by molar-refractivity contribution is 6.12. The van der Waals surface area contributed by atoms with Crippen LogP contribution in [-0.2, 0) is 6.42 Å². The molecule has 1 aliphatic carbocycles. The molecule has 1 fully saturated rings. The van der Waals surface area contributed by atoms with Crippen molar-refractivity contribution in [1.29, 1.82) is 0 Å². The highest BCUT2D eigenvalue weighted by Gasteiger charge is 2.28. The van der Waals surface area contributed by atoms with E-state index in [0.717, 1.165) is 48.8 Å². The highest BCUT2D eigenvalue weighted by atomic mass is 16.5. The number of nitrogens with zero attached hydrogens (tertiary/aromatic N) is 3. The minimum atomic E-state index is 0.0346. The van der Waals surface area contributed by atoms with Crippen LogP contribution in [0.4, 0.5) is 5.82 Å². The van der Waals surface area contributed by atoms with Gasteiger partial charge in [0.25, 0.3) is 0 Å².